The van der Waals surface area contributed by atoms with E-state index in [9.17, 15) is 9.59 Å². The van der Waals surface area contributed by atoms with Gasteiger partial charge in [-0.05, 0) is 35.4 Å². The monoisotopic (exact) mass is 473 g/mol. The first kappa shape index (κ1) is 20.5. The molecule has 174 valence electrons. The van der Waals surface area contributed by atoms with Crippen LogP contribution in [0.15, 0.2) is 91.1 Å². The van der Waals surface area contributed by atoms with Gasteiger partial charge >= 0.3 is 11.9 Å². The smallest absolute Gasteiger partial charge is 0.340 e. The average Bonchev–Trinajstić information content (AvgIpc) is 3.42. The zero-order valence-corrected chi connectivity index (χ0v) is 19.2. The van der Waals surface area contributed by atoms with Crippen molar-refractivity contribution in [3.8, 4) is 28.4 Å². The van der Waals surface area contributed by atoms with Crippen LogP contribution in [0.3, 0.4) is 0 Å². The van der Waals surface area contributed by atoms with Crippen LogP contribution in [-0.4, -0.2) is 16.9 Å². The van der Waals surface area contributed by atoms with Gasteiger partial charge in [-0.3, -0.25) is 4.79 Å². The Morgan fingerprint density at radius 1 is 0.861 bits per heavy atom. The predicted molar refractivity (Wildman–Crippen MR) is 133 cm³/mol. The minimum absolute atomic E-state index is 0.399. The van der Waals surface area contributed by atoms with E-state index in [2.05, 4.69) is 4.98 Å². The molecule has 0 atom stereocenters. The summed E-state index contributed by atoms with van der Waals surface area (Å²) in [6.45, 7) is 1.37. The molecule has 1 aromatic heterocycles. The van der Waals surface area contributed by atoms with Gasteiger partial charge in [0.25, 0.3) is 0 Å². The van der Waals surface area contributed by atoms with Gasteiger partial charge in [-0.2, -0.15) is 0 Å². The molecule has 6 heteroatoms. The average molecular weight is 473 g/mol. The Kier molecular flexibility index (Phi) is 4.18. The van der Waals surface area contributed by atoms with Gasteiger partial charge in [0.1, 0.15) is 11.5 Å². The van der Waals surface area contributed by atoms with Crippen molar-refractivity contribution in [3.63, 3.8) is 0 Å². The molecule has 0 saturated carbocycles. The molecular weight excluding hydrogens is 454 g/mol. The van der Waals surface area contributed by atoms with E-state index >= 15 is 0 Å². The van der Waals surface area contributed by atoms with Crippen molar-refractivity contribution in [1.82, 2.24) is 4.98 Å². The van der Waals surface area contributed by atoms with E-state index in [4.69, 9.17) is 14.2 Å². The van der Waals surface area contributed by atoms with Gasteiger partial charge < -0.3 is 19.2 Å². The first-order valence-electron chi connectivity index (χ1n) is 11.6. The number of H-pyrrole nitrogens is 1. The number of nitrogens with one attached hydrogen (secondary N) is 1. The van der Waals surface area contributed by atoms with Crippen LogP contribution in [-0.2, 0) is 15.1 Å². The number of hydrogen-bond donors (Lipinski definition) is 1. The molecule has 0 aliphatic carbocycles. The third-order valence-electron chi connectivity index (χ3n) is 6.85. The van der Waals surface area contributed by atoms with Gasteiger partial charge in [-0.1, -0.05) is 60.7 Å². The summed E-state index contributed by atoms with van der Waals surface area (Å²) in [6, 6.07) is 26.9. The quantitative estimate of drug-likeness (QED) is 0.303. The summed E-state index contributed by atoms with van der Waals surface area (Å²) >= 11 is 0. The Morgan fingerprint density at radius 2 is 1.56 bits per heavy atom. The van der Waals surface area contributed by atoms with Crippen molar-refractivity contribution in [2.45, 2.75) is 12.5 Å². The van der Waals surface area contributed by atoms with E-state index in [-0.39, 0.29) is 0 Å². The molecule has 0 unspecified atom stereocenters. The SMILES string of the molecule is CC(=O)Oc1c[nH]c2ccc(-c3cccc4c3C(=O)OC43c4ccccc4Oc4ccccc43)cc12. The van der Waals surface area contributed by atoms with Gasteiger partial charge in [0, 0.05) is 40.7 Å². The van der Waals surface area contributed by atoms with Crippen molar-refractivity contribution in [1.29, 1.82) is 0 Å². The third kappa shape index (κ3) is 2.72. The Bertz CT molecular complexity index is 1690. The molecule has 2 aliphatic rings. The van der Waals surface area contributed by atoms with Crippen LogP contribution in [0.5, 0.6) is 17.2 Å². The highest BCUT2D eigenvalue weighted by Gasteiger charge is 2.54. The number of carbonyl (C=O) groups is 2. The molecule has 6 nitrogen and oxygen atoms in total. The summed E-state index contributed by atoms with van der Waals surface area (Å²) in [6.07, 6.45) is 1.66. The number of rotatable bonds is 2. The summed E-state index contributed by atoms with van der Waals surface area (Å²) in [5, 5.41) is 0.753. The lowest BCUT2D eigenvalue weighted by Gasteiger charge is -2.36. The van der Waals surface area contributed by atoms with Crippen LogP contribution < -0.4 is 9.47 Å². The van der Waals surface area contributed by atoms with Gasteiger partial charge in [0.05, 0.1) is 5.56 Å². The largest absolute Gasteiger partial charge is 0.456 e. The first-order chi connectivity index (χ1) is 17.6. The maximum atomic E-state index is 13.6. The predicted octanol–water partition coefficient (Wildman–Crippen LogP) is 6.33. The van der Waals surface area contributed by atoms with E-state index < -0.39 is 17.5 Å². The molecule has 3 heterocycles. The molecule has 1 N–H and O–H groups in total. The van der Waals surface area contributed by atoms with E-state index in [0.717, 1.165) is 38.7 Å². The van der Waals surface area contributed by atoms with Crippen LogP contribution in [0, 0.1) is 0 Å². The molecule has 0 radical (unpaired) electrons. The molecule has 7 rings (SSSR count). The Balaban J connectivity index is 1.48. The van der Waals surface area contributed by atoms with Gasteiger partial charge in [-0.15, -0.1) is 0 Å². The fourth-order valence-electron chi connectivity index (χ4n) is 5.41. The van der Waals surface area contributed by atoms with E-state index in [1.54, 1.807) is 6.20 Å². The van der Waals surface area contributed by atoms with Gasteiger partial charge in [0.15, 0.2) is 11.4 Å². The lowest BCUT2D eigenvalue weighted by atomic mass is 9.77. The number of ether oxygens (including phenoxy) is 3. The Hall–Kier alpha value is -4.84. The van der Waals surface area contributed by atoms with Crippen molar-refractivity contribution in [2.75, 3.05) is 0 Å². The fourth-order valence-corrected chi connectivity index (χ4v) is 5.41. The summed E-state index contributed by atoms with van der Waals surface area (Å²) < 4.78 is 17.9. The zero-order valence-electron chi connectivity index (χ0n) is 19.2. The number of hydrogen-bond acceptors (Lipinski definition) is 5. The molecule has 36 heavy (non-hydrogen) atoms. The lowest BCUT2D eigenvalue weighted by molar-refractivity contribution is -0.131. The van der Waals surface area contributed by atoms with Crippen molar-refractivity contribution < 1.29 is 23.8 Å². The second-order valence-electron chi connectivity index (χ2n) is 8.90. The van der Waals surface area contributed by atoms with Crippen molar-refractivity contribution >= 4 is 22.8 Å². The normalized spacial score (nSPS) is 14.5. The number of fused-ring (bicyclic) bond motifs is 7. The number of aromatic amines is 1. The molecule has 0 fully saturated rings. The van der Waals surface area contributed by atoms with E-state index in [0.29, 0.717) is 22.8 Å². The number of aromatic nitrogens is 1. The number of carbonyl (C=O) groups excluding carboxylic acids is 2. The van der Waals surface area contributed by atoms with Gasteiger partial charge in [0.2, 0.25) is 0 Å². The topological polar surface area (TPSA) is 77.6 Å². The summed E-state index contributed by atoms with van der Waals surface area (Å²) in [4.78, 5) is 28.3. The van der Waals surface area contributed by atoms with Crippen LogP contribution in [0.1, 0.15) is 34.0 Å². The van der Waals surface area contributed by atoms with Crippen molar-refractivity contribution in [2.24, 2.45) is 0 Å². The van der Waals surface area contributed by atoms with Crippen molar-refractivity contribution in [3.05, 3.63) is 113 Å². The Morgan fingerprint density at radius 3 is 2.28 bits per heavy atom. The van der Waals surface area contributed by atoms with Crippen LogP contribution in [0.25, 0.3) is 22.0 Å². The molecule has 0 amide bonds. The number of esters is 2. The summed E-state index contributed by atoms with van der Waals surface area (Å²) in [7, 11) is 0. The maximum absolute atomic E-state index is 13.6. The number of para-hydroxylation sites is 2. The summed E-state index contributed by atoms with van der Waals surface area (Å²) in [5.41, 5.74) is 4.11. The molecule has 4 aromatic carbocycles. The maximum Gasteiger partial charge on any atom is 0.340 e. The molecule has 2 aliphatic heterocycles. The third-order valence-corrected chi connectivity index (χ3v) is 6.85. The lowest BCUT2D eigenvalue weighted by Crippen LogP contribution is -2.32. The first-order valence-corrected chi connectivity index (χ1v) is 11.6. The molecular formula is C30H19NO5. The van der Waals surface area contributed by atoms with Crippen LogP contribution >= 0.6 is 0 Å². The fraction of sp³-hybridized carbons (Fsp3) is 0.0667. The Labute approximate surface area is 206 Å². The van der Waals surface area contributed by atoms with E-state index in [1.165, 1.54) is 6.92 Å². The second kappa shape index (κ2) is 7.33. The standard InChI is InChI=1S/C30H19NO5/c1-17(32)34-27-16-31-24-14-13-18(15-20(24)27)19-7-6-10-23-28(19)29(33)36-30(23)21-8-2-4-11-25(21)35-26-12-5-3-9-22(26)30/h2-16,31H,1H3. The van der Waals surface area contributed by atoms with Crippen LogP contribution in [0.4, 0.5) is 0 Å². The van der Waals surface area contributed by atoms with E-state index in [1.807, 2.05) is 84.9 Å². The molecule has 0 saturated heterocycles. The highest BCUT2D eigenvalue weighted by Crippen LogP contribution is 2.56. The van der Waals surface area contributed by atoms with Crippen LogP contribution in [0.2, 0.25) is 0 Å². The minimum atomic E-state index is -1.12. The minimum Gasteiger partial charge on any atom is -0.456 e. The highest BCUT2D eigenvalue weighted by molar-refractivity contribution is 6.04. The highest BCUT2D eigenvalue weighted by atomic mass is 16.6. The second-order valence-corrected chi connectivity index (χ2v) is 8.90. The zero-order chi connectivity index (χ0) is 24.4. The summed E-state index contributed by atoms with van der Waals surface area (Å²) in [5.74, 6) is 0.952. The molecule has 5 aromatic rings. The number of benzene rings is 4. The van der Waals surface area contributed by atoms with Gasteiger partial charge in [-0.25, -0.2) is 4.79 Å². The molecule has 0 bridgehead atoms. The molecule has 1 spiro atoms.